The summed E-state index contributed by atoms with van der Waals surface area (Å²) in [6, 6.07) is 0.440. The van der Waals surface area contributed by atoms with Crippen molar-refractivity contribution in [3.63, 3.8) is 0 Å². The third kappa shape index (κ3) is 4.35. The van der Waals surface area contributed by atoms with Crippen LogP contribution in [0.1, 0.15) is 41.4 Å². The topological polar surface area (TPSA) is 76.3 Å². The Morgan fingerprint density at radius 2 is 2.20 bits per heavy atom. The van der Waals surface area contributed by atoms with E-state index in [0.29, 0.717) is 11.9 Å². The Kier molecular flexibility index (Phi) is 5.65. The van der Waals surface area contributed by atoms with Crippen LogP contribution < -0.4 is 10.1 Å². The van der Waals surface area contributed by atoms with Gasteiger partial charge in [0.15, 0.2) is 5.82 Å². The van der Waals surface area contributed by atoms with Crippen LogP contribution in [0.2, 0.25) is 0 Å². The lowest BCUT2D eigenvalue weighted by atomic mass is 10.0. The molecule has 2 aromatic heterocycles. The number of rotatable bonds is 6. The fourth-order valence-corrected chi connectivity index (χ4v) is 3.46. The van der Waals surface area contributed by atoms with Crippen molar-refractivity contribution in [3.8, 4) is 5.75 Å². The van der Waals surface area contributed by atoms with E-state index in [2.05, 4.69) is 32.3 Å². The van der Waals surface area contributed by atoms with Crippen LogP contribution in [0.4, 0.5) is 0 Å². The number of methoxy groups -OCH3 is 1. The normalized spacial score (nSPS) is 18.5. The highest BCUT2D eigenvalue weighted by atomic mass is 16.5. The molecule has 7 heteroatoms. The van der Waals surface area contributed by atoms with Crippen LogP contribution in [0.25, 0.3) is 0 Å². The number of hydrogen-bond acceptors (Lipinski definition) is 7. The molecule has 7 nitrogen and oxygen atoms in total. The number of nitrogens with zero attached hydrogens (tertiary/aromatic N) is 4. The summed E-state index contributed by atoms with van der Waals surface area (Å²) in [5.41, 5.74) is 3.24. The summed E-state index contributed by atoms with van der Waals surface area (Å²) >= 11 is 0. The van der Waals surface area contributed by atoms with E-state index in [-0.39, 0.29) is 0 Å². The number of likely N-dealkylation sites (tertiary alicyclic amines) is 1. The third-order valence-corrected chi connectivity index (χ3v) is 4.75. The molecule has 1 aliphatic rings. The molecule has 0 bridgehead atoms. The van der Waals surface area contributed by atoms with E-state index in [1.165, 1.54) is 6.42 Å². The molecule has 0 amide bonds. The molecule has 3 heterocycles. The molecule has 1 aliphatic heterocycles. The Hall–Kier alpha value is -1.99. The molecular formula is C18H27N5O2. The van der Waals surface area contributed by atoms with E-state index >= 15 is 0 Å². The van der Waals surface area contributed by atoms with Crippen LogP contribution in [0, 0.1) is 20.8 Å². The Balaban J connectivity index is 1.56. The summed E-state index contributed by atoms with van der Waals surface area (Å²) in [7, 11) is 1.71. The van der Waals surface area contributed by atoms with Crippen LogP contribution in [0.5, 0.6) is 5.75 Å². The fourth-order valence-electron chi connectivity index (χ4n) is 3.46. The summed E-state index contributed by atoms with van der Waals surface area (Å²) in [5, 5.41) is 7.64. The van der Waals surface area contributed by atoms with E-state index in [1.807, 2.05) is 20.0 Å². The zero-order valence-corrected chi connectivity index (χ0v) is 15.5. The number of ether oxygens (including phenoxy) is 1. The molecule has 0 spiro atoms. The highest BCUT2D eigenvalue weighted by Crippen LogP contribution is 2.24. The van der Waals surface area contributed by atoms with Gasteiger partial charge in [0.2, 0.25) is 5.89 Å². The Morgan fingerprint density at radius 3 is 2.92 bits per heavy atom. The maximum Gasteiger partial charge on any atom is 0.223 e. The largest absolute Gasteiger partial charge is 0.496 e. The third-order valence-electron chi connectivity index (χ3n) is 4.75. The second-order valence-corrected chi connectivity index (χ2v) is 6.73. The summed E-state index contributed by atoms with van der Waals surface area (Å²) in [6.07, 6.45) is 4.22. The first kappa shape index (κ1) is 17.8. The number of aromatic nitrogens is 3. The van der Waals surface area contributed by atoms with Crippen LogP contribution >= 0.6 is 0 Å². The maximum absolute atomic E-state index is 5.49. The molecule has 1 saturated heterocycles. The van der Waals surface area contributed by atoms with Crippen molar-refractivity contribution in [3.05, 3.63) is 34.7 Å². The predicted molar refractivity (Wildman–Crippen MR) is 94.4 cm³/mol. The minimum Gasteiger partial charge on any atom is -0.496 e. The highest BCUT2D eigenvalue weighted by Gasteiger charge is 2.21. The van der Waals surface area contributed by atoms with Crippen molar-refractivity contribution in [2.24, 2.45) is 0 Å². The monoisotopic (exact) mass is 345 g/mol. The van der Waals surface area contributed by atoms with Gasteiger partial charge >= 0.3 is 0 Å². The van der Waals surface area contributed by atoms with Gasteiger partial charge in [0.1, 0.15) is 5.75 Å². The highest BCUT2D eigenvalue weighted by molar-refractivity contribution is 5.41. The summed E-state index contributed by atoms with van der Waals surface area (Å²) in [4.78, 5) is 11.2. The smallest absolute Gasteiger partial charge is 0.223 e. The molecule has 1 N–H and O–H groups in total. The van der Waals surface area contributed by atoms with E-state index in [1.54, 1.807) is 7.11 Å². The first-order valence-corrected chi connectivity index (χ1v) is 8.80. The van der Waals surface area contributed by atoms with Crippen molar-refractivity contribution >= 4 is 0 Å². The SMILES string of the molecule is COc1c(C)cnc(CN[C@H]2CCCN(Cc3noc(C)n3)C2)c1C. The van der Waals surface area contributed by atoms with Crippen LogP contribution in [0.3, 0.4) is 0 Å². The van der Waals surface area contributed by atoms with Crippen molar-refractivity contribution in [2.75, 3.05) is 20.2 Å². The molecule has 136 valence electrons. The van der Waals surface area contributed by atoms with Gasteiger partial charge in [-0.25, -0.2) is 0 Å². The van der Waals surface area contributed by atoms with Crippen molar-refractivity contribution in [1.82, 2.24) is 25.3 Å². The fraction of sp³-hybridized carbons (Fsp3) is 0.611. The Labute approximate surface area is 148 Å². The molecule has 0 radical (unpaired) electrons. The second kappa shape index (κ2) is 7.93. The predicted octanol–water partition coefficient (Wildman–Crippen LogP) is 2.15. The number of aryl methyl sites for hydroxylation is 2. The molecule has 3 rings (SSSR count). The molecule has 1 atom stereocenters. The average Bonchev–Trinajstić information content (AvgIpc) is 3.00. The number of pyridine rings is 1. The van der Waals surface area contributed by atoms with E-state index in [4.69, 9.17) is 9.26 Å². The number of piperidine rings is 1. The average molecular weight is 345 g/mol. The van der Waals surface area contributed by atoms with Gasteiger partial charge in [-0.15, -0.1) is 0 Å². The quantitative estimate of drug-likeness (QED) is 0.859. The van der Waals surface area contributed by atoms with Gasteiger partial charge in [0.25, 0.3) is 0 Å². The number of hydrogen-bond donors (Lipinski definition) is 1. The molecule has 1 fully saturated rings. The van der Waals surface area contributed by atoms with E-state index in [9.17, 15) is 0 Å². The van der Waals surface area contributed by atoms with E-state index in [0.717, 1.165) is 61.0 Å². The van der Waals surface area contributed by atoms with Gasteiger partial charge in [-0.1, -0.05) is 5.16 Å². The van der Waals surface area contributed by atoms with Crippen LogP contribution in [-0.2, 0) is 13.1 Å². The zero-order chi connectivity index (χ0) is 17.8. The first-order chi connectivity index (χ1) is 12.1. The van der Waals surface area contributed by atoms with Gasteiger partial charge in [0.05, 0.1) is 19.3 Å². The lowest BCUT2D eigenvalue weighted by Gasteiger charge is -2.32. The molecule has 0 aromatic carbocycles. The van der Waals surface area contributed by atoms with Crippen LogP contribution in [-0.4, -0.2) is 46.3 Å². The standard InChI is InChI=1S/C18H27N5O2/c1-12-8-20-16(13(2)18(12)24-4)9-19-15-6-5-7-23(10-15)11-17-21-14(3)25-22-17/h8,15,19H,5-7,9-11H2,1-4H3/t15-/m0/s1. The van der Waals surface area contributed by atoms with Gasteiger partial charge in [-0.3, -0.25) is 9.88 Å². The van der Waals surface area contributed by atoms with E-state index < -0.39 is 0 Å². The van der Waals surface area contributed by atoms with Crippen molar-refractivity contribution < 1.29 is 9.26 Å². The lowest BCUT2D eigenvalue weighted by Crippen LogP contribution is -2.45. The van der Waals surface area contributed by atoms with Gasteiger partial charge in [-0.05, 0) is 33.2 Å². The minimum absolute atomic E-state index is 0.440. The van der Waals surface area contributed by atoms with Gasteiger partial charge in [-0.2, -0.15) is 4.98 Å². The lowest BCUT2D eigenvalue weighted by molar-refractivity contribution is 0.177. The molecule has 0 saturated carbocycles. The molecular weight excluding hydrogens is 318 g/mol. The van der Waals surface area contributed by atoms with Gasteiger partial charge in [0, 0.05) is 43.4 Å². The molecule has 25 heavy (non-hydrogen) atoms. The molecule has 2 aromatic rings. The van der Waals surface area contributed by atoms with Crippen LogP contribution in [0.15, 0.2) is 10.7 Å². The second-order valence-electron chi connectivity index (χ2n) is 6.73. The Bertz CT molecular complexity index is 715. The maximum atomic E-state index is 5.49. The van der Waals surface area contributed by atoms with Crippen molar-refractivity contribution in [2.45, 2.75) is 52.7 Å². The molecule has 0 aliphatic carbocycles. The molecule has 0 unspecified atom stereocenters. The first-order valence-electron chi connectivity index (χ1n) is 8.80. The summed E-state index contributed by atoms with van der Waals surface area (Å²) in [5.74, 6) is 2.32. The number of nitrogens with one attached hydrogen (secondary N) is 1. The zero-order valence-electron chi connectivity index (χ0n) is 15.5. The summed E-state index contributed by atoms with van der Waals surface area (Å²) < 4.78 is 10.6. The van der Waals surface area contributed by atoms with Crippen molar-refractivity contribution in [1.29, 1.82) is 0 Å². The Morgan fingerprint density at radius 1 is 1.36 bits per heavy atom. The summed E-state index contributed by atoms with van der Waals surface area (Å²) in [6.45, 7) is 9.46. The van der Waals surface area contributed by atoms with Gasteiger partial charge < -0.3 is 14.6 Å². The minimum atomic E-state index is 0.440.